The van der Waals surface area contributed by atoms with Crippen molar-refractivity contribution in [1.82, 2.24) is 9.80 Å². The number of carbonyl (C=O) groups is 1. The molecule has 2 aromatic carbocycles. The summed E-state index contributed by atoms with van der Waals surface area (Å²) in [5.41, 5.74) is 3.82. The zero-order chi connectivity index (χ0) is 20.4. The molecule has 1 aliphatic carbocycles. The fourth-order valence-corrected chi connectivity index (χ4v) is 5.79. The summed E-state index contributed by atoms with van der Waals surface area (Å²) in [5.74, 6) is 0. The molecule has 0 aromatic heterocycles. The van der Waals surface area contributed by atoms with Crippen molar-refractivity contribution >= 4 is 38.0 Å². The van der Waals surface area contributed by atoms with E-state index in [1.807, 2.05) is 6.07 Å². The number of nitrogens with zero attached hydrogens (tertiary/aromatic N) is 2. The minimum absolute atomic E-state index is 0.0824. The Kier molecular flexibility index (Phi) is 6.59. The highest BCUT2D eigenvalue weighted by atomic mass is 79.9. The standard InChI is InChI=1S/C22H24Br2N2O3/c23-17-11-15(12-18(24)13-17)14-29-20-6-5-16-3-1-2-4-19(16)21(20)25-7-9-26(10-8-25)22(27)28/h1-4,11-13,20-21H,5-10,14H2,(H,27,28)/t20-,21-/m1/s1. The second-order valence-corrected chi connectivity index (χ2v) is 9.45. The lowest BCUT2D eigenvalue weighted by molar-refractivity contribution is -0.0449. The van der Waals surface area contributed by atoms with Gasteiger partial charge in [-0.25, -0.2) is 4.79 Å². The average Bonchev–Trinajstić information content (AvgIpc) is 2.71. The fourth-order valence-electron chi connectivity index (χ4n) is 4.40. The molecule has 0 spiro atoms. The van der Waals surface area contributed by atoms with Crippen molar-refractivity contribution in [2.45, 2.75) is 31.6 Å². The van der Waals surface area contributed by atoms with Crippen LogP contribution in [0.15, 0.2) is 51.4 Å². The van der Waals surface area contributed by atoms with E-state index in [1.165, 1.54) is 16.0 Å². The Morgan fingerprint density at radius 1 is 1.07 bits per heavy atom. The lowest BCUT2D eigenvalue weighted by Crippen LogP contribution is -2.52. The second kappa shape index (κ2) is 9.16. The molecule has 0 unspecified atom stereocenters. The molecule has 29 heavy (non-hydrogen) atoms. The van der Waals surface area contributed by atoms with E-state index in [9.17, 15) is 9.90 Å². The Morgan fingerprint density at radius 2 is 1.76 bits per heavy atom. The molecule has 2 atom stereocenters. The number of halogens is 2. The summed E-state index contributed by atoms with van der Waals surface area (Å²) in [4.78, 5) is 15.2. The number of aryl methyl sites for hydroxylation is 1. The van der Waals surface area contributed by atoms with Crippen LogP contribution in [0.25, 0.3) is 0 Å². The van der Waals surface area contributed by atoms with E-state index in [0.717, 1.165) is 40.4 Å². The molecule has 2 aromatic rings. The number of amides is 1. The quantitative estimate of drug-likeness (QED) is 0.607. The highest BCUT2D eigenvalue weighted by molar-refractivity contribution is 9.11. The van der Waals surface area contributed by atoms with Crippen molar-refractivity contribution in [2.24, 2.45) is 0 Å². The van der Waals surface area contributed by atoms with Crippen molar-refractivity contribution in [3.63, 3.8) is 0 Å². The summed E-state index contributed by atoms with van der Waals surface area (Å²) in [6.45, 7) is 3.09. The number of ether oxygens (including phenoxy) is 1. The van der Waals surface area contributed by atoms with Crippen LogP contribution in [0.3, 0.4) is 0 Å². The first-order valence-electron chi connectivity index (χ1n) is 9.87. The Hall–Kier alpha value is -1.41. The van der Waals surface area contributed by atoms with Crippen molar-refractivity contribution in [3.05, 3.63) is 68.1 Å². The van der Waals surface area contributed by atoms with Crippen molar-refractivity contribution in [1.29, 1.82) is 0 Å². The second-order valence-electron chi connectivity index (χ2n) is 7.62. The molecule has 7 heteroatoms. The molecule has 0 bridgehead atoms. The smallest absolute Gasteiger partial charge is 0.407 e. The third kappa shape index (κ3) is 4.85. The number of carboxylic acid groups (broad SMARTS) is 1. The van der Waals surface area contributed by atoms with Gasteiger partial charge in [-0.3, -0.25) is 4.90 Å². The van der Waals surface area contributed by atoms with Crippen molar-refractivity contribution in [3.8, 4) is 0 Å². The molecule has 2 aliphatic rings. The Balaban J connectivity index is 1.53. The van der Waals surface area contributed by atoms with Crippen molar-refractivity contribution in [2.75, 3.05) is 26.2 Å². The molecule has 1 fully saturated rings. The van der Waals surface area contributed by atoms with Gasteiger partial charge in [0.25, 0.3) is 0 Å². The maximum absolute atomic E-state index is 11.3. The monoisotopic (exact) mass is 522 g/mol. The summed E-state index contributed by atoms with van der Waals surface area (Å²) in [5, 5.41) is 9.27. The number of fused-ring (bicyclic) bond motifs is 1. The van der Waals surface area contributed by atoms with E-state index < -0.39 is 6.09 Å². The van der Waals surface area contributed by atoms with Gasteiger partial charge in [-0.15, -0.1) is 0 Å². The zero-order valence-electron chi connectivity index (χ0n) is 16.1. The largest absolute Gasteiger partial charge is 0.465 e. The number of benzene rings is 2. The SMILES string of the molecule is O=C(O)N1CCN([C@@H]2c3ccccc3CC[C@H]2OCc2cc(Br)cc(Br)c2)CC1. The van der Waals surface area contributed by atoms with Crippen LogP contribution in [0.2, 0.25) is 0 Å². The van der Waals surface area contributed by atoms with Gasteiger partial charge >= 0.3 is 6.09 Å². The molecule has 1 heterocycles. The predicted octanol–water partition coefficient (Wildman–Crippen LogP) is 5.08. The van der Waals surface area contributed by atoms with Gasteiger partial charge in [-0.05, 0) is 47.7 Å². The van der Waals surface area contributed by atoms with Gasteiger partial charge in [-0.2, -0.15) is 0 Å². The normalized spacial score (nSPS) is 22.3. The molecule has 1 N–H and O–H groups in total. The minimum Gasteiger partial charge on any atom is -0.465 e. The molecular formula is C22H24Br2N2O3. The average molecular weight is 524 g/mol. The first kappa shape index (κ1) is 20.8. The van der Waals surface area contributed by atoms with Gasteiger partial charge < -0.3 is 14.7 Å². The van der Waals surface area contributed by atoms with Crippen LogP contribution in [0, 0.1) is 0 Å². The van der Waals surface area contributed by atoms with Crippen LogP contribution in [0.4, 0.5) is 4.79 Å². The number of rotatable bonds is 4. The van der Waals surface area contributed by atoms with E-state index >= 15 is 0 Å². The highest BCUT2D eigenvalue weighted by Gasteiger charge is 2.36. The predicted molar refractivity (Wildman–Crippen MR) is 119 cm³/mol. The lowest BCUT2D eigenvalue weighted by atomic mass is 9.84. The van der Waals surface area contributed by atoms with Crippen LogP contribution < -0.4 is 0 Å². The third-order valence-corrected chi connectivity index (χ3v) is 6.70. The fraction of sp³-hybridized carbons (Fsp3) is 0.409. The topological polar surface area (TPSA) is 53.0 Å². The molecule has 4 rings (SSSR count). The molecule has 1 aliphatic heterocycles. The molecule has 0 radical (unpaired) electrons. The zero-order valence-corrected chi connectivity index (χ0v) is 19.2. The first-order chi connectivity index (χ1) is 14.0. The van der Waals surface area contributed by atoms with E-state index in [1.54, 1.807) is 0 Å². The van der Waals surface area contributed by atoms with E-state index in [2.05, 4.69) is 73.2 Å². The van der Waals surface area contributed by atoms with Gasteiger partial charge in [-0.1, -0.05) is 56.1 Å². The van der Waals surface area contributed by atoms with Gasteiger partial charge in [0.05, 0.1) is 18.8 Å². The van der Waals surface area contributed by atoms with Gasteiger partial charge in [0, 0.05) is 35.1 Å². The van der Waals surface area contributed by atoms with E-state index in [-0.39, 0.29) is 12.1 Å². The molecule has 1 saturated heterocycles. The van der Waals surface area contributed by atoms with Crippen LogP contribution in [-0.4, -0.2) is 53.3 Å². The third-order valence-electron chi connectivity index (χ3n) is 5.79. The van der Waals surface area contributed by atoms with Crippen LogP contribution in [-0.2, 0) is 17.8 Å². The minimum atomic E-state index is -0.832. The van der Waals surface area contributed by atoms with Gasteiger partial charge in [0.15, 0.2) is 0 Å². The summed E-state index contributed by atoms with van der Waals surface area (Å²) < 4.78 is 8.52. The van der Waals surface area contributed by atoms with Crippen LogP contribution >= 0.6 is 31.9 Å². The van der Waals surface area contributed by atoms with Crippen molar-refractivity contribution < 1.29 is 14.6 Å². The Labute approximate surface area is 187 Å². The summed E-state index contributed by atoms with van der Waals surface area (Å²) >= 11 is 7.09. The molecule has 1 amide bonds. The maximum atomic E-state index is 11.3. The van der Waals surface area contributed by atoms with E-state index in [4.69, 9.17) is 4.74 Å². The summed E-state index contributed by atoms with van der Waals surface area (Å²) in [7, 11) is 0. The first-order valence-corrected chi connectivity index (χ1v) is 11.5. The number of piperazine rings is 1. The Bertz CT molecular complexity index is 864. The number of hydrogen-bond acceptors (Lipinski definition) is 3. The van der Waals surface area contributed by atoms with Crippen LogP contribution in [0.1, 0.15) is 29.2 Å². The van der Waals surface area contributed by atoms with Gasteiger partial charge in [0.1, 0.15) is 0 Å². The van der Waals surface area contributed by atoms with Gasteiger partial charge in [0.2, 0.25) is 0 Å². The molecule has 154 valence electrons. The molecule has 0 saturated carbocycles. The summed E-state index contributed by atoms with van der Waals surface area (Å²) in [6, 6.07) is 14.9. The van der Waals surface area contributed by atoms with Crippen LogP contribution in [0.5, 0.6) is 0 Å². The van der Waals surface area contributed by atoms with E-state index in [0.29, 0.717) is 19.7 Å². The highest BCUT2D eigenvalue weighted by Crippen LogP contribution is 2.37. The molecular weight excluding hydrogens is 500 g/mol. The summed E-state index contributed by atoms with van der Waals surface area (Å²) in [6.07, 6.45) is 1.23. The number of hydrogen-bond donors (Lipinski definition) is 1. The Morgan fingerprint density at radius 3 is 2.45 bits per heavy atom. The maximum Gasteiger partial charge on any atom is 0.407 e. The lowest BCUT2D eigenvalue weighted by Gasteiger charge is -2.44. The molecule has 5 nitrogen and oxygen atoms in total.